The maximum atomic E-state index is 13.8. The third-order valence-corrected chi connectivity index (χ3v) is 4.46. The maximum absolute atomic E-state index is 13.8. The molecular formula is C14H7Br2F5. The van der Waals surface area contributed by atoms with Gasteiger partial charge >= 0.3 is 6.18 Å². The minimum absolute atomic E-state index is 0.150. The lowest BCUT2D eigenvalue weighted by atomic mass is 10.0. The van der Waals surface area contributed by atoms with Crippen LogP contribution in [0.5, 0.6) is 0 Å². The van der Waals surface area contributed by atoms with Crippen LogP contribution in [0.25, 0.3) is 0 Å². The molecule has 0 aliphatic carbocycles. The molecular weight excluding hydrogens is 423 g/mol. The van der Waals surface area contributed by atoms with Crippen LogP contribution in [-0.4, -0.2) is 0 Å². The number of benzene rings is 2. The van der Waals surface area contributed by atoms with Crippen LogP contribution in [0.3, 0.4) is 0 Å². The van der Waals surface area contributed by atoms with Gasteiger partial charge in [-0.2, -0.15) is 13.2 Å². The number of hydrogen-bond donors (Lipinski definition) is 0. The van der Waals surface area contributed by atoms with Crippen LogP contribution in [-0.2, 0) is 6.18 Å². The van der Waals surface area contributed by atoms with Gasteiger partial charge in [0, 0.05) is 5.56 Å². The average molecular weight is 430 g/mol. The predicted molar refractivity (Wildman–Crippen MR) is 76.3 cm³/mol. The summed E-state index contributed by atoms with van der Waals surface area (Å²) in [5, 5.41) is 0. The van der Waals surface area contributed by atoms with Crippen molar-refractivity contribution in [2.24, 2.45) is 0 Å². The molecule has 0 heterocycles. The van der Waals surface area contributed by atoms with Crippen molar-refractivity contribution >= 4 is 31.9 Å². The Morgan fingerprint density at radius 2 is 1.52 bits per heavy atom. The Morgan fingerprint density at radius 1 is 0.905 bits per heavy atom. The molecule has 2 rings (SSSR count). The summed E-state index contributed by atoms with van der Waals surface area (Å²) in [6.07, 6.45) is -4.56. The summed E-state index contributed by atoms with van der Waals surface area (Å²) in [6.45, 7) is 0. The van der Waals surface area contributed by atoms with E-state index in [1.165, 1.54) is 12.1 Å². The lowest BCUT2D eigenvalue weighted by Crippen LogP contribution is -2.07. The predicted octanol–water partition coefficient (Wildman–Crippen LogP) is 6.23. The fourth-order valence-corrected chi connectivity index (χ4v) is 2.80. The number of alkyl halides is 4. The number of rotatable bonds is 2. The van der Waals surface area contributed by atoms with Crippen LogP contribution in [0, 0.1) is 11.6 Å². The molecule has 112 valence electrons. The molecule has 0 aliphatic rings. The van der Waals surface area contributed by atoms with Crippen molar-refractivity contribution < 1.29 is 22.0 Å². The van der Waals surface area contributed by atoms with Crippen LogP contribution in [0.2, 0.25) is 0 Å². The summed E-state index contributed by atoms with van der Waals surface area (Å²) in [6, 6.07) is 6.10. The molecule has 0 bridgehead atoms. The van der Waals surface area contributed by atoms with Gasteiger partial charge in [-0.3, -0.25) is 0 Å². The van der Waals surface area contributed by atoms with Crippen LogP contribution >= 0.6 is 31.9 Å². The van der Waals surface area contributed by atoms with Gasteiger partial charge in [0.05, 0.1) is 14.9 Å². The third-order valence-electron chi connectivity index (χ3n) is 2.83. The topological polar surface area (TPSA) is 0 Å². The fraction of sp³-hybridized carbons (Fsp3) is 0.143. The van der Waals surface area contributed by atoms with Gasteiger partial charge in [0.2, 0.25) is 0 Å². The Morgan fingerprint density at radius 3 is 2.10 bits per heavy atom. The fourth-order valence-electron chi connectivity index (χ4n) is 1.76. The first kappa shape index (κ1) is 16.4. The molecule has 0 spiro atoms. The van der Waals surface area contributed by atoms with Crippen LogP contribution < -0.4 is 0 Å². The first-order chi connectivity index (χ1) is 9.70. The van der Waals surface area contributed by atoms with Gasteiger partial charge in [0.15, 0.2) is 0 Å². The highest BCUT2D eigenvalue weighted by Gasteiger charge is 2.32. The van der Waals surface area contributed by atoms with Gasteiger partial charge < -0.3 is 0 Å². The van der Waals surface area contributed by atoms with Gasteiger partial charge in [-0.15, -0.1) is 0 Å². The van der Waals surface area contributed by atoms with Crippen LogP contribution in [0.1, 0.15) is 21.5 Å². The lowest BCUT2D eigenvalue weighted by Gasteiger charge is -2.15. The first-order valence-electron chi connectivity index (χ1n) is 5.66. The Kier molecular flexibility index (Phi) is 4.72. The molecule has 0 aromatic heterocycles. The monoisotopic (exact) mass is 428 g/mol. The second-order valence-electron chi connectivity index (χ2n) is 4.27. The van der Waals surface area contributed by atoms with Crippen molar-refractivity contribution in [3.63, 3.8) is 0 Å². The number of hydrogen-bond acceptors (Lipinski definition) is 0. The average Bonchev–Trinajstić information content (AvgIpc) is 2.40. The van der Waals surface area contributed by atoms with E-state index in [9.17, 15) is 22.0 Å². The minimum atomic E-state index is -4.56. The summed E-state index contributed by atoms with van der Waals surface area (Å²) in [5.41, 5.74) is -0.672. The number of halogens is 7. The molecule has 2 aromatic rings. The first-order valence-corrected chi connectivity index (χ1v) is 7.36. The molecule has 2 aromatic carbocycles. The van der Waals surface area contributed by atoms with E-state index in [0.717, 1.165) is 18.2 Å². The quantitative estimate of drug-likeness (QED) is 0.392. The van der Waals surface area contributed by atoms with Gasteiger partial charge in [0.1, 0.15) is 11.6 Å². The highest BCUT2D eigenvalue weighted by atomic mass is 79.9. The van der Waals surface area contributed by atoms with Crippen molar-refractivity contribution in [3.05, 3.63) is 69.2 Å². The molecule has 0 aliphatic heterocycles. The van der Waals surface area contributed by atoms with Crippen molar-refractivity contribution in [2.75, 3.05) is 0 Å². The summed E-state index contributed by atoms with van der Waals surface area (Å²) in [7, 11) is 0. The Labute approximate surface area is 134 Å². The van der Waals surface area contributed by atoms with Crippen molar-refractivity contribution in [2.45, 2.75) is 11.0 Å². The van der Waals surface area contributed by atoms with E-state index in [0.29, 0.717) is 11.6 Å². The van der Waals surface area contributed by atoms with E-state index in [-0.39, 0.29) is 10.0 Å². The molecule has 0 saturated heterocycles. The van der Waals surface area contributed by atoms with Gasteiger partial charge in [-0.1, -0.05) is 22.0 Å². The molecule has 21 heavy (non-hydrogen) atoms. The Bertz CT molecular complexity index is 667. The molecule has 0 amide bonds. The zero-order chi connectivity index (χ0) is 15.8. The Balaban J connectivity index is 2.47. The van der Waals surface area contributed by atoms with Gasteiger partial charge in [0.25, 0.3) is 0 Å². The largest absolute Gasteiger partial charge is 0.416 e. The normalized spacial score (nSPS) is 13.3. The molecule has 0 fully saturated rings. The lowest BCUT2D eigenvalue weighted by molar-refractivity contribution is -0.137. The SMILES string of the molecule is Fc1ccc(C(Br)c2cc(C(F)(F)F)ccc2F)cc1Br. The standard InChI is InChI=1S/C14H7Br2F5/c15-10-5-7(1-3-12(10)18)13(16)9-6-8(14(19,20)21)2-4-11(9)17/h1-6,13H. The highest BCUT2D eigenvalue weighted by Crippen LogP contribution is 2.37. The molecule has 0 nitrogen and oxygen atoms in total. The Hall–Kier alpha value is -0.950. The zero-order valence-corrected chi connectivity index (χ0v) is 13.4. The smallest absolute Gasteiger partial charge is 0.207 e. The second-order valence-corrected chi connectivity index (χ2v) is 6.04. The molecule has 1 unspecified atom stereocenters. The van der Waals surface area contributed by atoms with E-state index < -0.39 is 28.2 Å². The van der Waals surface area contributed by atoms with E-state index in [4.69, 9.17) is 0 Å². The van der Waals surface area contributed by atoms with Crippen molar-refractivity contribution in [3.8, 4) is 0 Å². The summed E-state index contributed by atoms with van der Waals surface area (Å²) < 4.78 is 65.2. The highest BCUT2D eigenvalue weighted by molar-refractivity contribution is 9.10. The van der Waals surface area contributed by atoms with Crippen LogP contribution in [0.15, 0.2) is 40.9 Å². The third kappa shape index (κ3) is 3.63. The maximum Gasteiger partial charge on any atom is 0.416 e. The van der Waals surface area contributed by atoms with Crippen molar-refractivity contribution in [1.29, 1.82) is 0 Å². The van der Waals surface area contributed by atoms with Crippen LogP contribution in [0.4, 0.5) is 22.0 Å². The molecule has 7 heteroatoms. The molecule has 0 N–H and O–H groups in total. The van der Waals surface area contributed by atoms with E-state index in [1.54, 1.807) is 0 Å². The second kappa shape index (κ2) is 6.04. The van der Waals surface area contributed by atoms with E-state index in [1.807, 2.05) is 0 Å². The molecule has 0 radical (unpaired) electrons. The minimum Gasteiger partial charge on any atom is -0.207 e. The summed E-state index contributed by atoms with van der Waals surface area (Å²) in [4.78, 5) is -0.822. The van der Waals surface area contributed by atoms with E-state index >= 15 is 0 Å². The van der Waals surface area contributed by atoms with Gasteiger partial charge in [-0.25, -0.2) is 8.78 Å². The van der Waals surface area contributed by atoms with Gasteiger partial charge in [-0.05, 0) is 51.8 Å². The molecule has 1 atom stereocenters. The molecule has 0 saturated carbocycles. The van der Waals surface area contributed by atoms with E-state index in [2.05, 4.69) is 31.9 Å². The zero-order valence-electron chi connectivity index (χ0n) is 10.2. The van der Waals surface area contributed by atoms with Crippen molar-refractivity contribution in [1.82, 2.24) is 0 Å². The summed E-state index contributed by atoms with van der Waals surface area (Å²) >= 11 is 6.14. The summed E-state index contributed by atoms with van der Waals surface area (Å²) in [5.74, 6) is -1.28.